The number of carbonyl (C=O) groups excluding carboxylic acids is 2. The van der Waals surface area contributed by atoms with E-state index < -0.39 is 46.0 Å². The number of nitrogens with zero attached hydrogens (tertiary/aromatic N) is 4. The Bertz CT molecular complexity index is 1160. The summed E-state index contributed by atoms with van der Waals surface area (Å²) in [5.74, 6) is -1.12. The van der Waals surface area contributed by atoms with Crippen LogP contribution >= 0.6 is 0 Å². The van der Waals surface area contributed by atoms with Gasteiger partial charge in [-0.15, -0.1) is 0 Å². The minimum Gasteiger partial charge on any atom is -0.348 e. The Morgan fingerprint density at radius 3 is 2.43 bits per heavy atom. The summed E-state index contributed by atoms with van der Waals surface area (Å²) >= 11 is 0. The zero-order valence-corrected chi connectivity index (χ0v) is 21.1. The van der Waals surface area contributed by atoms with E-state index in [1.807, 2.05) is 6.07 Å². The minimum absolute atomic E-state index is 0.0817. The first-order chi connectivity index (χ1) is 17.4. The molecule has 3 aliphatic heterocycles. The molecule has 2 amide bonds. The van der Waals surface area contributed by atoms with Crippen molar-refractivity contribution >= 4 is 22.0 Å². The summed E-state index contributed by atoms with van der Waals surface area (Å²) in [6, 6.07) is 4.41. The molecule has 4 rings (SSSR count). The predicted molar refractivity (Wildman–Crippen MR) is 126 cm³/mol. The molecule has 3 saturated heterocycles. The number of halogens is 3. The molecule has 14 heteroatoms. The van der Waals surface area contributed by atoms with Gasteiger partial charge in [-0.3, -0.25) is 9.59 Å². The van der Waals surface area contributed by atoms with Gasteiger partial charge in [0.15, 0.2) is 0 Å². The Morgan fingerprint density at radius 1 is 1.14 bits per heavy atom. The van der Waals surface area contributed by atoms with Gasteiger partial charge in [-0.05, 0) is 37.5 Å². The third-order valence-electron chi connectivity index (χ3n) is 7.05. The minimum atomic E-state index is -4.45. The van der Waals surface area contributed by atoms with Crippen molar-refractivity contribution in [3.63, 3.8) is 0 Å². The van der Waals surface area contributed by atoms with Crippen molar-refractivity contribution < 1.29 is 31.2 Å². The largest absolute Gasteiger partial charge is 0.416 e. The first-order valence-electron chi connectivity index (χ1n) is 12.1. The fourth-order valence-electron chi connectivity index (χ4n) is 4.83. The molecule has 0 bridgehead atoms. The maximum absolute atomic E-state index is 13.3. The van der Waals surface area contributed by atoms with Crippen molar-refractivity contribution in [1.82, 2.24) is 24.1 Å². The van der Waals surface area contributed by atoms with Crippen molar-refractivity contribution in [2.75, 3.05) is 39.3 Å². The second kappa shape index (κ2) is 10.6. The summed E-state index contributed by atoms with van der Waals surface area (Å²) in [6.07, 6.45) is -3.43. The molecule has 3 heterocycles. The number of likely N-dealkylation sites (tertiary alicyclic amines) is 1. The third kappa shape index (κ3) is 5.74. The van der Waals surface area contributed by atoms with Crippen LogP contribution in [0, 0.1) is 17.2 Å². The van der Waals surface area contributed by atoms with Crippen LogP contribution in [0.1, 0.15) is 36.9 Å². The van der Waals surface area contributed by atoms with E-state index in [9.17, 15) is 31.2 Å². The van der Waals surface area contributed by atoms with Crippen LogP contribution in [0.5, 0.6) is 0 Å². The maximum atomic E-state index is 13.3. The average molecular weight is 543 g/mol. The Morgan fingerprint density at radius 2 is 1.81 bits per heavy atom. The second-order valence-electron chi connectivity index (χ2n) is 9.56. The fourth-order valence-corrected chi connectivity index (χ4v) is 6.55. The van der Waals surface area contributed by atoms with E-state index in [2.05, 4.69) is 10.6 Å². The van der Waals surface area contributed by atoms with Crippen LogP contribution in [0.3, 0.4) is 0 Å². The summed E-state index contributed by atoms with van der Waals surface area (Å²) in [7, 11) is -3.79. The molecule has 3 fully saturated rings. The predicted octanol–water partition coefficient (Wildman–Crippen LogP) is 0.848. The van der Waals surface area contributed by atoms with Crippen molar-refractivity contribution in [3.8, 4) is 6.07 Å². The van der Waals surface area contributed by atoms with E-state index in [0.29, 0.717) is 24.9 Å². The summed E-state index contributed by atoms with van der Waals surface area (Å²) in [5, 5.41) is 14.8. The van der Waals surface area contributed by atoms with Gasteiger partial charge in [0.1, 0.15) is 12.1 Å². The van der Waals surface area contributed by atoms with Crippen molar-refractivity contribution in [2.45, 2.75) is 44.1 Å². The SMILES string of the molecule is C[C@@H](NC(=O)[C@H]1CCCN1C(=O)[C@@H]1CN(S(=O)(=O)N2CC(C#N)C2)CCN1)c1ccc(C(F)(F)F)cc1. The molecular weight excluding hydrogens is 513 g/mol. The summed E-state index contributed by atoms with van der Waals surface area (Å²) in [6.45, 7) is 2.63. The lowest BCUT2D eigenvalue weighted by molar-refractivity contribution is -0.140. The molecule has 0 aliphatic carbocycles. The fraction of sp³-hybridized carbons (Fsp3) is 0.609. The van der Waals surface area contributed by atoms with Gasteiger partial charge in [0.2, 0.25) is 11.8 Å². The van der Waals surface area contributed by atoms with E-state index in [0.717, 1.165) is 12.1 Å². The normalized spacial score (nSPS) is 24.8. The highest BCUT2D eigenvalue weighted by molar-refractivity contribution is 7.86. The molecule has 0 unspecified atom stereocenters. The number of carbonyl (C=O) groups is 2. The van der Waals surface area contributed by atoms with E-state index in [-0.39, 0.29) is 44.5 Å². The third-order valence-corrected chi connectivity index (χ3v) is 8.99. The summed E-state index contributed by atoms with van der Waals surface area (Å²) in [5.41, 5.74) is -0.283. The Labute approximate surface area is 213 Å². The van der Waals surface area contributed by atoms with Gasteiger partial charge in [0.25, 0.3) is 10.2 Å². The molecule has 0 spiro atoms. The van der Waals surface area contributed by atoms with E-state index in [4.69, 9.17) is 5.26 Å². The van der Waals surface area contributed by atoms with Crippen LogP contribution in [-0.2, 0) is 26.0 Å². The lowest BCUT2D eigenvalue weighted by Crippen LogP contribution is -2.63. The molecule has 0 aromatic heterocycles. The number of piperazine rings is 1. The molecule has 2 N–H and O–H groups in total. The molecule has 0 saturated carbocycles. The molecule has 1 aromatic carbocycles. The van der Waals surface area contributed by atoms with Gasteiger partial charge >= 0.3 is 6.18 Å². The number of hydrogen-bond donors (Lipinski definition) is 2. The Balaban J connectivity index is 1.37. The monoisotopic (exact) mass is 542 g/mol. The molecule has 10 nitrogen and oxygen atoms in total. The number of nitrogens with one attached hydrogen (secondary N) is 2. The average Bonchev–Trinajstić information content (AvgIpc) is 3.32. The Hall–Kier alpha value is -2.73. The number of nitriles is 1. The number of amides is 2. The first-order valence-corrected chi connectivity index (χ1v) is 13.5. The zero-order chi connectivity index (χ0) is 27.0. The van der Waals surface area contributed by atoms with Crippen LogP contribution in [0.4, 0.5) is 13.2 Å². The highest BCUT2D eigenvalue weighted by atomic mass is 32.2. The van der Waals surface area contributed by atoms with Crippen molar-refractivity contribution in [1.29, 1.82) is 5.26 Å². The standard InChI is InChI=1S/C23H29F3N6O4S/c1-15(17-4-6-18(7-5-17)23(24,25)26)29-21(33)20-3-2-9-32(20)22(34)19-14-30(10-8-28-19)37(35,36)31-12-16(11-27)13-31/h4-7,15-16,19-20,28H,2-3,8-10,12-14H2,1H3,(H,29,33)/t15-,19+,20-/m1/s1. The molecule has 202 valence electrons. The molecule has 0 radical (unpaired) electrons. The zero-order valence-electron chi connectivity index (χ0n) is 20.2. The number of benzene rings is 1. The summed E-state index contributed by atoms with van der Waals surface area (Å²) in [4.78, 5) is 27.8. The lowest BCUT2D eigenvalue weighted by atomic mass is 10.0. The van der Waals surface area contributed by atoms with E-state index in [1.54, 1.807) is 6.92 Å². The number of hydrogen-bond acceptors (Lipinski definition) is 6. The smallest absolute Gasteiger partial charge is 0.348 e. The van der Waals surface area contributed by atoms with Gasteiger partial charge < -0.3 is 15.5 Å². The van der Waals surface area contributed by atoms with Crippen LogP contribution < -0.4 is 10.6 Å². The highest BCUT2D eigenvalue weighted by Crippen LogP contribution is 2.30. The van der Waals surface area contributed by atoms with Gasteiger partial charge in [0.05, 0.1) is 23.6 Å². The first kappa shape index (κ1) is 27.3. The molecule has 3 atom stereocenters. The second-order valence-corrected chi connectivity index (χ2v) is 11.5. The molecular formula is C23H29F3N6O4S. The lowest BCUT2D eigenvalue weighted by Gasteiger charge is -2.41. The Kier molecular flexibility index (Phi) is 7.80. The number of alkyl halides is 3. The van der Waals surface area contributed by atoms with Crippen LogP contribution in [0.2, 0.25) is 0 Å². The van der Waals surface area contributed by atoms with Crippen LogP contribution in [0.15, 0.2) is 24.3 Å². The highest BCUT2D eigenvalue weighted by Gasteiger charge is 2.44. The molecule has 37 heavy (non-hydrogen) atoms. The molecule has 1 aromatic rings. The molecule has 3 aliphatic rings. The van der Waals surface area contributed by atoms with Gasteiger partial charge in [-0.1, -0.05) is 12.1 Å². The summed E-state index contributed by atoms with van der Waals surface area (Å²) < 4.78 is 66.7. The van der Waals surface area contributed by atoms with E-state index in [1.165, 1.54) is 25.6 Å². The van der Waals surface area contributed by atoms with Gasteiger partial charge in [0, 0.05) is 39.3 Å². The van der Waals surface area contributed by atoms with Crippen LogP contribution in [-0.4, -0.2) is 85.1 Å². The van der Waals surface area contributed by atoms with Gasteiger partial charge in [-0.2, -0.15) is 35.5 Å². The topological polar surface area (TPSA) is 126 Å². The quantitative estimate of drug-likeness (QED) is 0.549. The van der Waals surface area contributed by atoms with Gasteiger partial charge in [-0.25, -0.2) is 0 Å². The van der Waals surface area contributed by atoms with Crippen LogP contribution in [0.25, 0.3) is 0 Å². The number of rotatable bonds is 6. The van der Waals surface area contributed by atoms with E-state index >= 15 is 0 Å². The van der Waals surface area contributed by atoms with Crippen molar-refractivity contribution in [2.24, 2.45) is 5.92 Å². The van der Waals surface area contributed by atoms with Crippen molar-refractivity contribution in [3.05, 3.63) is 35.4 Å². The maximum Gasteiger partial charge on any atom is 0.416 e.